The molecule has 0 rings (SSSR count). The van der Waals surface area contributed by atoms with E-state index in [0.717, 1.165) is 32.1 Å². The minimum absolute atomic E-state index is 0.0594. The zero-order chi connectivity index (χ0) is 15.8. The molecule has 114 valence electrons. The molecule has 0 saturated carbocycles. The quantitative estimate of drug-likeness (QED) is 0.684. The van der Waals surface area contributed by atoms with Crippen LogP contribution in [0.5, 0.6) is 0 Å². The van der Waals surface area contributed by atoms with E-state index < -0.39 is 0 Å². The van der Waals surface area contributed by atoms with Crippen molar-refractivity contribution in [1.82, 2.24) is 0 Å². The summed E-state index contributed by atoms with van der Waals surface area (Å²) >= 11 is 5.45. The topological polar surface area (TPSA) is 51.2 Å². The SMILES string of the molecule is CCC(Cl)C(C)=O.CCCC(C)=O.CCCC(C)=O. The van der Waals surface area contributed by atoms with E-state index in [1.807, 2.05) is 20.8 Å². The van der Waals surface area contributed by atoms with E-state index in [-0.39, 0.29) is 22.7 Å². The molecule has 0 aliphatic rings. The number of hydrogen-bond donors (Lipinski definition) is 0. The standard InChI is InChI=1S/C5H9ClO.2C5H10O/c1-3-5(6)4(2)7;2*1-3-4-5(2)6/h5H,3H2,1-2H3;2*3-4H2,1-2H3. The average molecular weight is 293 g/mol. The van der Waals surface area contributed by atoms with E-state index in [2.05, 4.69) is 0 Å². The normalized spacial score (nSPS) is 10.3. The monoisotopic (exact) mass is 292 g/mol. The molecule has 0 aromatic carbocycles. The van der Waals surface area contributed by atoms with Crippen LogP contribution in [0.3, 0.4) is 0 Å². The minimum Gasteiger partial charge on any atom is -0.300 e. The Morgan fingerprint density at radius 2 is 1.16 bits per heavy atom. The van der Waals surface area contributed by atoms with Gasteiger partial charge in [0.25, 0.3) is 0 Å². The fourth-order valence-electron chi connectivity index (χ4n) is 0.992. The molecule has 1 atom stereocenters. The molecule has 0 spiro atoms. The summed E-state index contributed by atoms with van der Waals surface area (Å²) in [6.07, 6.45) is 4.17. The van der Waals surface area contributed by atoms with Crippen molar-refractivity contribution in [3.8, 4) is 0 Å². The van der Waals surface area contributed by atoms with Crippen LogP contribution >= 0.6 is 11.6 Å². The van der Waals surface area contributed by atoms with Crippen molar-refractivity contribution >= 4 is 29.0 Å². The average Bonchev–Trinajstić information content (AvgIpc) is 2.29. The van der Waals surface area contributed by atoms with E-state index in [1.54, 1.807) is 13.8 Å². The number of halogens is 1. The van der Waals surface area contributed by atoms with Crippen LogP contribution < -0.4 is 0 Å². The fourth-order valence-corrected chi connectivity index (χ4v) is 0.992. The molecule has 0 saturated heterocycles. The van der Waals surface area contributed by atoms with Gasteiger partial charge in [-0.3, -0.25) is 4.79 Å². The number of rotatable bonds is 6. The first-order valence-electron chi connectivity index (χ1n) is 6.86. The first-order chi connectivity index (χ1) is 8.72. The molecular weight excluding hydrogens is 264 g/mol. The summed E-state index contributed by atoms with van der Waals surface area (Å²) in [6.45, 7) is 10.6. The van der Waals surface area contributed by atoms with Gasteiger partial charge in [0.2, 0.25) is 0 Å². The molecule has 0 fully saturated rings. The molecule has 0 heterocycles. The first-order valence-corrected chi connectivity index (χ1v) is 7.29. The number of carbonyl (C=O) groups excluding carboxylic acids is 3. The predicted octanol–water partition coefficient (Wildman–Crippen LogP) is 4.34. The van der Waals surface area contributed by atoms with Gasteiger partial charge in [-0.1, -0.05) is 20.8 Å². The molecule has 0 bridgehead atoms. The smallest absolute Gasteiger partial charge is 0.147 e. The molecule has 0 radical (unpaired) electrons. The van der Waals surface area contributed by atoms with Crippen LogP contribution in [0.15, 0.2) is 0 Å². The highest BCUT2D eigenvalue weighted by Gasteiger charge is 2.04. The summed E-state index contributed by atoms with van der Waals surface area (Å²) in [5, 5.41) is -0.264. The van der Waals surface area contributed by atoms with Gasteiger partial charge in [0.15, 0.2) is 0 Å². The predicted molar refractivity (Wildman–Crippen MR) is 81.8 cm³/mol. The van der Waals surface area contributed by atoms with E-state index >= 15 is 0 Å². The Bertz CT molecular complexity index is 234. The lowest BCUT2D eigenvalue weighted by molar-refractivity contribution is -0.117. The Balaban J connectivity index is -0.000000203. The van der Waals surface area contributed by atoms with Crippen molar-refractivity contribution in [2.75, 3.05) is 0 Å². The van der Waals surface area contributed by atoms with Gasteiger partial charge in [-0.25, -0.2) is 0 Å². The molecule has 0 aliphatic carbocycles. The van der Waals surface area contributed by atoms with Crippen LogP contribution in [0.4, 0.5) is 0 Å². The Morgan fingerprint density at radius 1 is 0.842 bits per heavy atom. The summed E-state index contributed by atoms with van der Waals surface area (Å²) in [4.78, 5) is 30.3. The van der Waals surface area contributed by atoms with Gasteiger partial charge < -0.3 is 9.59 Å². The summed E-state index contributed by atoms with van der Waals surface area (Å²) in [6, 6.07) is 0. The zero-order valence-corrected chi connectivity index (χ0v) is 14.0. The number of ketones is 3. The van der Waals surface area contributed by atoms with Gasteiger partial charge >= 0.3 is 0 Å². The number of hydrogen-bond acceptors (Lipinski definition) is 3. The third-order valence-corrected chi connectivity index (χ3v) is 2.62. The molecule has 0 aliphatic heterocycles. The lowest BCUT2D eigenvalue weighted by atomic mass is 10.2. The molecule has 0 amide bonds. The maximum Gasteiger partial charge on any atom is 0.147 e. The van der Waals surface area contributed by atoms with Crippen LogP contribution in [-0.4, -0.2) is 22.7 Å². The molecule has 3 nitrogen and oxygen atoms in total. The van der Waals surface area contributed by atoms with Crippen molar-refractivity contribution < 1.29 is 14.4 Å². The van der Waals surface area contributed by atoms with Gasteiger partial charge in [-0.05, 0) is 40.0 Å². The van der Waals surface area contributed by atoms with E-state index in [4.69, 9.17) is 11.6 Å². The van der Waals surface area contributed by atoms with Crippen LogP contribution in [0.2, 0.25) is 0 Å². The molecule has 19 heavy (non-hydrogen) atoms. The molecule has 0 aromatic heterocycles. The van der Waals surface area contributed by atoms with Crippen LogP contribution in [0, 0.1) is 0 Å². The summed E-state index contributed by atoms with van der Waals surface area (Å²) in [5.74, 6) is 0.638. The Kier molecular flexibility index (Phi) is 21.3. The molecule has 1 unspecified atom stereocenters. The Labute approximate surface area is 123 Å². The highest BCUT2D eigenvalue weighted by atomic mass is 35.5. The largest absolute Gasteiger partial charge is 0.300 e. The van der Waals surface area contributed by atoms with E-state index in [9.17, 15) is 14.4 Å². The molecule has 0 N–H and O–H groups in total. The minimum atomic E-state index is -0.264. The third kappa shape index (κ3) is 31.7. The van der Waals surface area contributed by atoms with E-state index in [0.29, 0.717) is 0 Å². The molecule has 4 heteroatoms. The number of carbonyl (C=O) groups is 3. The van der Waals surface area contributed by atoms with Crippen molar-refractivity contribution in [2.45, 2.75) is 79.0 Å². The lowest BCUT2D eigenvalue weighted by Crippen LogP contribution is -2.07. The maximum atomic E-state index is 10.2. The van der Waals surface area contributed by atoms with Crippen LogP contribution in [0.25, 0.3) is 0 Å². The second kappa shape index (κ2) is 17.3. The van der Waals surface area contributed by atoms with Crippen molar-refractivity contribution in [3.63, 3.8) is 0 Å². The van der Waals surface area contributed by atoms with Crippen molar-refractivity contribution in [2.24, 2.45) is 0 Å². The lowest BCUT2D eigenvalue weighted by Gasteiger charge is -1.95. The summed E-state index contributed by atoms with van der Waals surface area (Å²) in [7, 11) is 0. The Morgan fingerprint density at radius 3 is 1.16 bits per heavy atom. The van der Waals surface area contributed by atoms with Crippen molar-refractivity contribution in [3.05, 3.63) is 0 Å². The highest BCUT2D eigenvalue weighted by molar-refractivity contribution is 6.30. The highest BCUT2D eigenvalue weighted by Crippen LogP contribution is 2.00. The maximum absolute atomic E-state index is 10.2. The van der Waals surface area contributed by atoms with E-state index in [1.165, 1.54) is 6.92 Å². The van der Waals surface area contributed by atoms with Gasteiger partial charge in [0.05, 0.1) is 5.38 Å². The second-order valence-electron chi connectivity index (χ2n) is 4.39. The second-order valence-corrected chi connectivity index (χ2v) is 4.92. The molecular formula is C15H29ClO3. The van der Waals surface area contributed by atoms with Gasteiger partial charge in [0.1, 0.15) is 17.3 Å². The van der Waals surface area contributed by atoms with Crippen LogP contribution in [-0.2, 0) is 14.4 Å². The first kappa shape index (κ1) is 23.4. The number of Topliss-reactive ketones (excluding diaryl/α,β-unsaturated/α-hetero) is 3. The van der Waals surface area contributed by atoms with Crippen molar-refractivity contribution in [1.29, 1.82) is 0 Å². The Hall–Kier alpha value is -0.700. The van der Waals surface area contributed by atoms with Gasteiger partial charge in [-0.2, -0.15) is 0 Å². The van der Waals surface area contributed by atoms with Gasteiger partial charge in [-0.15, -0.1) is 11.6 Å². The fraction of sp³-hybridized carbons (Fsp3) is 0.800. The molecule has 0 aromatic rings. The zero-order valence-electron chi connectivity index (χ0n) is 13.2. The van der Waals surface area contributed by atoms with Gasteiger partial charge in [0, 0.05) is 12.8 Å². The summed E-state index contributed by atoms with van der Waals surface area (Å²) in [5.41, 5.74) is 0. The number of alkyl halides is 1. The third-order valence-electron chi connectivity index (χ3n) is 2.00. The summed E-state index contributed by atoms with van der Waals surface area (Å²) < 4.78 is 0. The van der Waals surface area contributed by atoms with Crippen LogP contribution in [0.1, 0.15) is 73.6 Å².